The van der Waals surface area contributed by atoms with Crippen LogP contribution in [0.1, 0.15) is 22.8 Å². The van der Waals surface area contributed by atoms with E-state index in [1.165, 1.54) is 31.2 Å². The molecular weight excluding hydrogens is 339 g/mol. The van der Waals surface area contributed by atoms with Crippen molar-refractivity contribution in [3.8, 4) is 5.75 Å². The molecule has 0 saturated carbocycles. The zero-order chi connectivity index (χ0) is 18.6. The van der Waals surface area contributed by atoms with Crippen LogP contribution in [-0.4, -0.2) is 23.1 Å². The first-order valence-corrected chi connectivity index (χ1v) is 7.15. The molecule has 0 heterocycles. The Balaban J connectivity index is 1.98. The molecule has 2 aromatic carbocycles. The summed E-state index contributed by atoms with van der Waals surface area (Å²) in [4.78, 5) is 23.9. The van der Waals surface area contributed by atoms with Crippen molar-refractivity contribution in [1.82, 2.24) is 0 Å². The minimum atomic E-state index is -4.47. The minimum absolute atomic E-state index is 0.100. The number of amides is 1. The number of phenolic OH excluding ortho intramolecular Hbond substituents is 1. The lowest BCUT2D eigenvalue weighted by Crippen LogP contribution is -2.30. The molecule has 2 rings (SSSR count). The number of para-hydroxylation sites is 1. The first kappa shape index (κ1) is 18.3. The molecule has 5 nitrogen and oxygen atoms in total. The molecule has 0 fully saturated rings. The summed E-state index contributed by atoms with van der Waals surface area (Å²) in [6.07, 6.45) is -5.68. The van der Waals surface area contributed by atoms with Crippen LogP contribution in [0.15, 0.2) is 48.5 Å². The Bertz CT molecular complexity index is 772. The number of alkyl halides is 3. The number of esters is 1. The summed E-state index contributed by atoms with van der Waals surface area (Å²) in [7, 11) is 0. The normalized spacial score (nSPS) is 12.3. The van der Waals surface area contributed by atoms with Crippen molar-refractivity contribution in [3.63, 3.8) is 0 Å². The molecule has 2 N–H and O–H groups in total. The highest BCUT2D eigenvalue weighted by Gasteiger charge is 2.30. The number of benzene rings is 2. The summed E-state index contributed by atoms with van der Waals surface area (Å²) in [5.41, 5.74) is -0.815. The van der Waals surface area contributed by atoms with Crippen LogP contribution >= 0.6 is 0 Å². The maximum atomic E-state index is 12.5. The van der Waals surface area contributed by atoms with Gasteiger partial charge in [0.1, 0.15) is 11.3 Å². The van der Waals surface area contributed by atoms with E-state index in [-0.39, 0.29) is 17.0 Å². The Morgan fingerprint density at radius 1 is 1.08 bits per heavy atom. The molecular formula is C17H14F3NO4. The number of rotatable bonds is 4. The van der Waals surface area contributed by atoms with Crippen LogP contribution in [0.25, 0.3) is 0 Å². The second-order valence-corrected chi connectivity index (χ2v) is 5.13. The molecule has 0 spiro atoms. The Morgan fingerprint density at radius 2 is 1.68 bits per heavy atom. The average Bonchev–Trinajstić information content (AvgIpc) is 2.54. The fourth-order valence-electron chi connectivity index (χ4n) is 1.91. The molecule has 1 atom stereocenters. The summed E-state index contributed by atoms with van der Waals surface area (Å²) in [6, 6.07) is 9.51. The van der Waals surface area contributed by atoms with Gasteiger partial charge >= 0.3 is 12.1 Å². The van der Waals surface area contributed by atoms with Crippen molar-refractivity contribution < 1.29 is 32.6 Å². The number of hydrogen-bond donors (Lipinski definition) is 2. The lowest BCUT2D eigenvalue weighted by molar-refractivity contribution is -0.137. The third kappa shape index (κ3) is 4.72. The van der Waals surface area contributed by atoms with Gasteiger partial charge in [-0.2, -0.15) is 13.2 Å². The summed E-state index contributed by atoms with van der Waals surface area (Å²) in [5.74, 6) is -1.90. The highest BCUT2D eigenvalue weighted by Crippen LogP contribution is 2.29. The largest absolute Gasteiger partial charge is 0.507 e. The number of hydrogen-bond acceptors (Lipinski definition) is 4. The zero-order valence-corrected chi connectivity index (χ0v) is 13.0. The molecule has 0 saturated heterocycles. The van der Waals surface area contributed by atoms with Gasteiger partial charge < -0.3 is 15.2 Å². The second-order valence-electron chi connectivity index (χ2n) is 5.13. The van der Waals surface area contributed by atoms with Crippen molar-refractivity contribution in [2.24, 2.45) is 0 Å². The van der Waals surface area contributed by atoms with Crippen molar-refractivity contribution in [1.29, 1.82) is 0 Å². The molecule has 0 unspecified atom stereocenters. The zero-order valence-electron chi connectivity index (χ0n) is 13.0. The van der Waals surface area contributed by atoms with Gasteiger partial charge in [-0.05, 0) is 43.3 Å². The highest BCUT2D eigenvalue weighted by atomic mass is 19.4. The number of carbonyl (C=O) groups excluding carboxylic acids is 2. The van der Waals surface area contributed by atoms with Crippen molar-refractivity contribution in [2.75, 3.05) is 5.32 Å². The summed E-state index contributed by atoms with van der Waals surface area (Å²) in [6.45, 7) is 1.30. The van der Waals surface area contributed by atoms with E-state index < -0.39 is 29.7 Å². The van der Waals surface area contributed by atoms with Crippen molar-refractivity contribution in [2.45, 2.75) is 19.2 Å². The molecule has 2 aromatic rings. The van der Waals surface area contributed by atoms with Crippen molar-refractivity contribution >= 4 is 17.6 Å². The lowest BCUT2D eigenvalue weighted by Gasteiger charge is -2.14. The molecule has 0 aromatic heterocycles. The summed E-state index contributed by atoms with van der Waals surface area (Å²) < 4.78 is 42.4. The van der Waals surface area contributed by atoms with E-state index in [1.807, 2.05) is 0 Å². The van der Waals surface area contributed by atoms with Gasteiger partial charge in [-0.15, -0.1) is 0 Å². The maximum Gasteiger partial charge on any atom is 0.416 e. The van der Waals surface area contributed by atoms with E-state index in [0.717, 1.165) is 24.3 Å². The predicted molar refractivity (Wildman–Crippen MR) is 83.1 cm³/mol. The lowest BCUT2D eigenvalue weighted by atomic mass is 10.2. The Labute approximate surface area is 141 Å². The van der Waals surface area contributed by atoms with Gasteiger partial charge in [0.05, 0.1) is 5.56 Å². The first-order valence-electron chi connectivity index (χ1n) is 7.15. The smallest absolute Gasteiger partial charge is 0.416 e. The first-order chi connectivity index (χ1) is 11.7. The molecule has 0 bridgehead atoms. The van der Waals surface area contributed by atoms with E-state index in [0.29, 0.717) is 0 Å². The van der Waals surface area contributed by atoms with Crippen LogP contribution in [-0.2, 0) is 15.7 Å². The fraction of sp³-hybridized carbons (Fsp3) is 0.176. The molecule has 1 amide bonds. The standard InChI is InChI=1S/C17H14F3NO4/c1-10(25-16(24)13-4-2-3-5-14(13)22)15(23)21-12-8-6-11(7-9-12)17(18,19)20/h2-10,22H,1H3,(H,21,23)/t10-/m0/s1. The van der Waals surface area contributed by atoms with Crippen LogP contribution in [0.5, 0.6) is 5.75 Å². The number of carbonyl (C=O) groups is 2. The highest BCUT2D eigenvalue weighted by molar-refractivity contribution is 5.98. The van der Waals surface area contributed by atoms with E-state index in [2.05, 4.69) is 5.32 Å². The molecule has 0 aliphatic carbocycles. The van der Waals surface area contributed by atoms with Gasteiger partial charge in [-0.1, -0.05) is 12.1 Å². The predicted octanol–water partition coefficient (Wildman–Crippen LogP) is 3.60. The number of aromatic hydroxyl groups is 1. The molecule has 8 heteroatoms. The Hall–Kier alpha value is -3.03. The average molecular weight is 353 g/mol. The monoisotopic (exact) mass is 353 g/mol. The van der Waals surface area contributed by atoms with E-state index in [4.69, 9.17) is 4.74 Å². The van der Waals surface area contributed by atoms with Crippen LogP contribution in [0.4, 0.5) is 18.9 Å². The van der Waals surface area contributed by atoms with Gasteiger partial charge in [0.2, 0.25) is 0 Å². The Morgan fingerprint density at radius 3 is 2.24 bits per heavy atom. The number of halogens is 3. The van der Waals surface area contributed by atoms with Gasteiger partial charge in [0.25, 0.3) is 5.91 Å². The molecule has 25 heavy (non-hydrogen) atoms. The molecule has 0 aliphatic heterocycles. The number of phenols is 1. The topological polar surface area (TPSA) is 75.6 Å². The Kier molecular flexibility index (Phi) is 5.31. The van der Waals surface area contributed by atoms with E-state index in [9.17, 15) is 27.9 Å². The number of anilines is 1. The third-order valence-corrected chi connectivity index (χ3v) is 3.26. The molecule has 132 valence electrons. The van der Waals surface area contributed by atoms with E-state index >= 15 is 0 Å². The van der Waals surface area contributed by atoms with Gasteiger partial charge in [0.15, 0.2) is 6.10 Å². The van der Waals surface area contributed by atoms with Crippen LogP contribution in [0.3, 0.4) is 0 Å². The van der Waals surface area contributed by atoms with Crippen LogP contribution < -0.4 is 5.32 Å². The number of nitrogens with one attached hydrogen (secondary N) is 1. The second kappa shape index (κ2) is 7.25. The summed E-state index contributed by atoms with van der Waals surface area (Å²) in [5, 5.41) is 11.9. The van der Waals surface area contributed by atoms with Crippen molar-refractivity contribution in [3.05, 3.63) is 59.7 Å². The quantitative estimate of drug-likeness (QED) is 0.824. The van der Waals surface area contributed by atoms with Gasteiger partial charge in [-0.3, -0.25) is 4.79 Å². The van der Waals surface area contributed by atoms with Gasteiger partial charge in [0, 0.05) is 5.69 Å². The summed E-state index contributed by atoms with van der Waals surface area (Å²) >= 11 is 0. The maximum absolute atomic E-state index is 12.5. The van der Waals surface area contributed by atoms with Crippen LogP contribution in [0.2, 0.25) is 0 Å². The SMILES string of the molecule is C[C@H](OC(=O)c1ccccc1O)C(=O)Nc1ccc(C(F)(F)F)cc1. The fourth-order valence-corrected chi connectivity index (χ4v) is 1.91. The van der Waals surface area contributed by atoms with Crippen LogP contribution in [0, 0.1) is 0 Å². The van der Waals surface area contributed by atoms with E-state index in [1.54, 1.807) is 0 Å². The number of ether oxygens (including phenoxy) is 1. The minimum Gasteiger partial charge on any atom is -0.507 e. The van der Waals surface area contributed by atoms with Gasteiger partial charge in [-0.25, -0.2) is 4.79 Å². The molecule has 0 radical (unpaired) electrons. The molecule has 0 aliphatic rings. The third-order valence-electron chi connectivity index (χ3n) is 3.26.